The smallest absolute Gasteiger partial charge is 0.220 e. The first-order valence-corrected chi connectivity index (χ1v) is 6.63. The summed E-state index contributed by atoms with van der Waals surface area (Å²) in [6.07, 6.45) is 4.30. The van der Waals surface area contributed by atoms with E-state index < -0.39 is 0 Å². The minimum atomic E-state index is 0.220. The van der Waals surface area contributed by atoms with E-state index in [0.29, 0.717) is 18.4 Å². The predicted molar refractivity (Wildman–Crippen MR) is 67.4 cm³/mol. The number of carbonyl (C=O) groups is 1. The van der Waals surface area contributed by atoms with Gasteiger partial charge in [-0.3, -0.25) is 4.79 Å². The molecule has 0 aromatic carbocycles. The Bertz CT molecular complexity index is 216. The minimum Gasteiger partial charge on any atom is -0.352 e. The molecule has 0 aliphatic carbocycles. The molecule has 1 atom stereocenters. The molecule has 0 saturated carbocycles. The summed E-state index contributed by atoms with van der Waals surface area (Å²) < 4.78 is 0. The molecular weight excluding hydrogens is 200 g/mol. The quantitative estimate of drug-likeness (QED) is 0.751. The highest BCUT2D eigenvalue weighted by Crippen LogP contribution is 2.10. The molecule has 1 N–H and O–H groups in total. The van der Waals surface area contributed by atoms with Gasteiger partial charge in [0.1, 0.15) is 0 Å². The van der Waals surface area contributed by atoms with Gasteiger partial charge < -0.3 is 10.2 Å². The highest BCUT2D eigenvalue weighted by Gasteiger charge is 2.23. The Labute approximate surface area is 99.6 Å². The Balaban J connectivity index is 2.18. The van der Waals surface area contributed by atoms with E-state index in [1.165, 1.54) is 19.4 Å². The van der Waals surface area contributed by atoms with Gasteiger partial charge in [0.05, 0.1) is 0 Å². The lowest BCUT2D eigenvalue weighted by atomic mass is 10.1. The lowest BCUT2D eigenvalue weighted by molar-refractivity contribution is -0.122. The number of carbonyl (C=O) groups excluding carboxylic acids is 1. The van der Waals surface area contributed by atoms with Gasteiger partial charge >= 0.3 is 0 Å². The van der Waals surface area contributed by atoms with Crippen molar-refractivity contribution in [3.8, 4) is 0 Å². The summed E-state index contributed by atoms with van der Waals surface area (Å²) in [5.41, 5.74) is 0. The van der Waals surface area contributed by atoms with E-state index in [-0.39, 0.29) is 5.91 Å². The second-order valence-electron chi connectivity index (χ2n) is 5.31. The van der Waals surface area contributed by atoms with Gasteiger partial charge in [-0.25, -0.2) is 0 Å². The molecule has 1 aliphatic heterocycles. The number of hydrogen-bond donors (Lipinski definition) is 1. The van der Waals surface area contributed by atoms with Crippen molar-refractivity contribution in [1.29, 1.82) is 0 Å². The molecule has 1 saturated heterocycles. The predicted octanol–water partition coefficient (Wildman–Crippen LogP) is 2.02. The standard InChI is InChI=1S/C13H26N2O/c1-4-5-7-15-8-6-12(10-15)14-13(16)9-11(2)3/h11-12H,4-10H2,1-3H3,(H,14,16). The Morgan fingerprint density at radius 2 is 2.25 bits per heavy atom. The first-order chi connectivity index (χ1) is 7.61. The van der Waals surface area contributed by atoms with Crippen molar-refractivity contribution in [3.05, 3.63) is 0 Å². The average Bonchev–Trinajstić information content (AvgIpc) is 2.61. The normalized spacial score (nSPS) is 21.6. The van der Waals surface area contributed by atoms with Crippen LogP contribution in [0.5, 0.6) is 0 Å². The molecule has 94 valence electrons. The maximum Gasteiger partial charge on any atom is 0.220 e. The summed E-state index contributed by atoms with van der Waals surface area (Å²) in [5, 5.41) is 3.14. The van der Waals surface area contributed by atoms with Crippen molar-refractivity contribution in [2.75, 3.05) is 19.6 Å². The van der Waals surface area contributed by atoms with E-state index in [9.17, 15) is 4.79 Å². The number of nitrogens with one attached hydrogen (secondary N) is 1. The van der Waals surface area contributed by atoms with Crippen molar-refractivity contribution in [2.24, 2.45) is 5.92 Å². The minimum absolute atomic E-state index is 0.220. The fourth-order valence-electron chi connectivity index (χ4n) is 2.19. The zero-order chi connectivity index (χ0) is 12.0. The molecule has 16 heavy (non-hydrogen) atoms. The van der Waals surface area contributed by atoms with Crippen molar-refractivity contribution < 1.29 is 4.79 Å². The zero-order valence-corrected chi connectivity index (χ0v) is 11.0. The molecule has 3 nitrogen and oxygen atoms in total. The first-order valence-electron chi connectivity index (χ1n) is 6.63. The van der Waals surface area contributed by atoms with Crippen molar-refractivity contribution in [1.82, 2.24) is 10.2 Å². The number of unbranched alkanes of at least 4 members (excludes halogenated alkanes) is 1. The lowest BCUT2D eigenvalue weighted by Gasteiger charge is -2.16. The van der Waals surface area contributed by atoms with E-state index >= 15 is 0 Å². The van der Waals surface area contributed by atoms with Gasteiger partial charge in [-0.05, 0) is 25.3 Å². The van der Waals surface area contributed by atoms with E-state index in [2.05, 4.69) is 31.0 Å². The molecule has 0 aromatic heterocycles. The number of rotatable bonds is 6. The molecular formula is C13H26N2O. The summed E-state index contributed by atoms with van der Waals surface area (Å²) in [7, 11) is 0. The van der Waals surface area contributed by atoms with Gasteiger partial charge in [0.2, 0.25) is 5.91 Å². The molecule has 1 amide bonds. The monoisotopic (exact) mass is 226 g/mol. The molecule has 0 aromatic rings. The summed E-state index contributed by atoms with van der Waals surface area (Å²) in [4.78, 5) is 14.1. The maximum atomic E-state index is 11.6. The fraction of sp³-hybridized carbons (Fsp3) is 0.923. The van der Waals surface area contributed by atoms with Crippen LogP contribution in [0.15, 0.2) is 0 Å². The van der Waals surface area contributed by atoms with Crippen LogP contribution in [0.1, 0.15) is 46.5 Å². The average molecular weight is 226 g/mol. The van der Waals surface area contributed by atoms with Crippen LogP contribution in [0.2, 0.25) is 0 Å². The van der Waals surface area contributed by atoms with E-state index in [1.54, 1.807) is 0 Å². The van der Waals surface area contributed by atoms with Crippen LogP contribution >= 0.6 is 0 Å². The third-order valence-corrected chi connectivity index (χ3v) is 3.06. The van der Waals surface area contributed by atoms with Gasteiger partial charge in [-0.1, -0.05) is 27.2 Å². The van der Waals surface area contributed by atoms with Gasteiger partial charge in [-0.15, -0.1) is 0 Å². The van der Waals surface area contributed by atoms with Gasteiger partial charge in [-0.2, -0.15) is 0 Å². The van der Waals surface area contributed by atoms with E-state index in [4.69, 9.17) is 0 Å². The van der Waals surface area contributed by atoms with E-state index in [1.807, 2.05) is 0 Å². The van der Waals surface area contributed by atoms with Crippen molar-refractivity contribution in [3.63, 3.8) is 0 Å². The first kappa shape index (κ1) is 13.5. The van der Waals surface area contributed by atoms with Crippen LogP contribution in [0.4, 0.5) is 0 Å². The molecule has 0 spiro atoms. The SMILES string of the molecule is CCCCN1CCC(NC(=O)CC(C)C)C1. The molecule has 0 bridgehead atoms. The van der Waals surface area contributed by atoms with Crippen LogP contribution in [0.3, 0.4) is 0 Å². The van der Waals surface area contributed by atoms with Crippen molar-refractivity contribution >= 4 is 5.91 Å². The molecule has 1 aliphatic rings. The summed E-state index contributed by atoms with van der Waals surface area (Å²) in [5.74, 6) is 0.676. The number of hydrogen-bond acceptors (Lipinski definition) is 2. The van der Waals surface area contributed by atoms with Crippen LogP contribution in [-0.4, -0.2) is 36.5 Å². The van der Waals surface area contributed by atoms with Gasteiger partial charge in [0.25, 0.3) is 0 Å². The number of nitrogens with zero attached hydrogens (tertiary/aromatic N) is 1. The Morgan fingerprint density at radius 3 is 2.88 bits per heavy atom. The molecule has 1 unspecified atom stereocenters. The summed E-state index contributed by atoms with van der Waals surface area (Å²) in [6.45, 7) is 9.77. The molecule has 1 fully saturated rings. The molecule has 1 heterocycles. The van der Waals surface area contributed by atoms with Crippen LogP contribution < -0.4 is 5.32 Å². The second-order valence-corrected chi connectivity index (χ2v) is 5.31. The molecule has 1 rings (SSSR count). The van der Waals surface area contributed by atoms with Crippen LogP contribution in [0.25, 0.3) is 0 Å². The fourth-order valence-corrected chi connectivity index (χ4v) is 2.19. The highest BCUT2D eigenvalue weighted by molar-refractivity contribution is 5.76. The van der Waals surface area contributed by atoms with Crippen LogP contribution in [-0.2, 0) is 4.79 Å². The maximum absolute atomic E-state index is 11.6. The van der Waals surface area contributed by atoms with Gasteiger partial charge in [0, 0.05) is 25.6 Å². The van der Waals surface area contributed by atoms with E-state index in [0.717, 1.165) is 19.5 Å². The largest absolute Gasteiger partial charge is 0.352 e. The third-order valence-electron chi connectivity index (χ3n) is 3.06. The lowest BCUT2D eigenvalue weighted by Crippen LogP contribution is -2.37. The Hall–Kier alpha value is -0.570. The van der Waals surface area contributed by atoms with Gasteiger partial charge in [0.15, 0.2) is 0 Å². The van der Waals surface area contributed by atoms with Crippen molar-refractivity contribution in [2.45, 2.75) is 52.5 Å². The summed E-state index contributed by atoms with van der Waals surface area (Å²) in [6, 6.07) is 0.392. The number of amides is 1. The summed E-state index contributed by atoms with van der Waals surface area (Å²) >= 11 is 0. The Kier molecular flexibility index (Phi) is 5.81. The van der Waals surface area contributed by atoms with Crippen LogP contribution in [0, 0.1) is 5.92 Å². The topological polar surface area (TPSA) is 32.3 Å². The number of likely N-dealkylation sites (tertiary alicyclic amines) is 1. The Morgan fingerprint density at radius 1 is 1.50 bits per heavy atom. The highest BCUT2D eigenvalue weighted by atomic mass is 16.1. The molecule has 3 heteroatoms. The molecule has 0 radical (unpaired) electrons. The third kappa shape index (κ3) is 4.97. The zero-order valence-electron chi connectivity index (χ0n) is 11.0. The second kappa shape index (κ2) is 6.89.